The molecule has 1 atom stereocenters. The molecule has 1 N–H and O–H groups in total. The average Bonchev–Trinajstić information content (AvgIpc) is 3.38. The Balaban J connectivity index is 1.68. The van der Waals surface area contributed by atoms with Gasteiger partial charge in [0.1, 0.15) is 10.8 Å². The Labute approximate surface area is 175 Å². The molecular formula is C24H25N3OS. The van der Waals surface area contributed by atoms with Crippen molar-refractivity contribution >= 4 is 22.2 Å². The van der Waals surface area contributed by atoms with Crippen LogP contribution >= 0.6 is 11.3 Å². The first-order valence-corrected chi connectivity index (χ1v) is 10.9. The zero-order valence-corrected chi connectivity index (χ0v) is 17.8. The molecule has 0 fully saturated rings. The van der Waals surface area contributed by atoms with E-state index in [4.69, 9.17) is 4.74 Å². The van der Waals surface area contributed by atoms with Crippen LogP contribution in [0.1, 0.15) is 39.0 Å². The van der Waals surface area contributed by atoms with Gasteiger partial charge in [0.25, 0.3) is 0 Å². The maximum atomic E-state index is 5.57. The monoisotopic (exact) mass is 403 g/mol. The second kappa shape index (κ2) is 7.32. The maximum absolute atomic E-state index is 5.57. The quantitative estimate of drug-likeness (QED) is 0.496. The summed E-state index contributed by atoms with van der Waals surface area (Å²) in [4.78, 5) is 10.9. The van der Waals surface area contributed by atoms with Crippen LogP contribution in [0.5, 0.6) is 5.75 Å². The molecule has 148 valence electrons. The standard InChI is InChI=1S/C24H25N3OS/c1-15-16(2)21(28-3)9-8-17(15)24-23-19(18-6-4-5-7-20(18)26-23)10-12-27(24)14-22-25-11-13-29-22/h4-9,11,13,24,26H,10,12,14H2,1-3H3. The van der Waals surface area contributed by atoms with Crippen molar-refractivity contribution in [3.8, 4) is 5.75 Å². The highest BCUT2D eigenvalue weighted by Gasteiger charge is 2.33. The summed E-state index contributed by atoms with van der Waals surface area (Å²) in [6.07, 6.45) is 2.95. The van der Waals surface area contributed by atoms with E-state index >= 15 is 0 Å². The van der Waals surface area contributed by atoms with Crippen molar-refractivity contribution in [2.24, 2.45) is 0 Å². The van der Waals surface area contributed by atoms with Gasteiger partial charge in [-0.3, -0.25) is 4.90 Å². The lowest BCUT2D eigenvalue weighted by Gasteiger charge is -2.36. The minimum Gasteiger partial charge on any atom is -0.496 e. The summed E-state index contributed by atoms with van der Waals surface area (Å²) in [5.41, 5.74) is 7.84. The lowest BCUT2D eigenvalue weighted by atomic mass is 9.88. The number of nitrogens with zero attached hydrogens (tertiary/aromatic N) is 2. The number of para-hydroxylation sites is 1. The molecular weight excluding hydrogens is 378 g/mol. The fraction of sp³-hybridized carbons (Fsp3) is 0.292. The number of H-pyrrole nitrogens is 1. The number of aromatic nitrogens is 2. The van der Waals surface area contributed by atoms with Crippen LogP contribution in [0.4, 0.5) is 0 Å². The topological polar surface area (TPSA) is 41.1 Å². The van der Waals surface area contributed by atoms with Crippen molar-refractivity contribution in [2.75, 3.05) is 13.7 Å². The van der Waals surface area contributed by atoms with E-state index in [2.05, 4.69) is 70.5 Å². The first-order valence-electron chi connectivity index (χ1n) is 10.0. The van der Waals surface area contributed by atoms with Gasteiger partial charge in [0, 0.05) is 34.7 Å². The van der Waals surface area contributed by atoms with Crippen molar-refractivity contribution in [2.45, 2.75) is 32.9 Å². The number of methoxy groups -OCH3 is 1. The maximum Gasteiger partial charge on any atom is 0.122 e. The molecule has 4 nitrogen and oxygen atoms in total. The predicted octanol–water partition coefficient (Wildman–Crippen LogP) is 5.40. The summed E-state index contributed by atoms with van der Waals surface area (Å²) in [5, 5.41) is 4.58. The van der Waals surface area contributed by atoms with Crippen molar-refractivity contribution in [1.82, 2.24) is 14.9 Å². The summed E-state index contributed by atoms with van der Waals surface area (Å²) < 4.78 is 5.57. The van der Waals surface area contributed by atoms with Gasteiger partial charge in [-0.15, -0.1) is 11.3 Å². The smallest absolute Gasteiger partial charge is 0.122 e. The van der Waals surface area contributed by atoms with Crippen LogP contribution in [0.15, 0.2) is 48.0 Å². The van der Waals surface area contributed by atoms with Crippen LogP contribution in [0.2, 0.25) is 0 Å². The molecule has 1 aliphatic rings. The molecule has 1 aliphatic heterocycles. The third-order valence-electron chi connectivity index (χ3n) is 6.25. The van der Waals surface area contributed by atoms with E-state index in [1.54, 1.807) is 18.4 Å². The number of ether oxygens (including phenoxy) is 1. The van der Waals surface area contributed by atoms with Crippen LogP contribution in [0.3, 0.4) is 0 Å². The molecule has 5 rings (SSSR count). The van der Waals surface area contributed by atoms with Gasteiger partial charge in [0.05, 0.1) is 19.7 Å². The first-order chi connectivity index (χ1) is 14.2. The van der Waals surface area contributed by atoms with Crippen LogP contribution in [0.25, 0.3) is 10.9 Å². The summed E-state index contributed by atoms with van der Waals surface area (Å²) >= 11 is 1.73. The van der Waals surface area contributed by atoms with E-state index in [9.17, 15) is 0 Å². The number of nitrogens with one attached hydrogen (secondary N) is 1. The minimum absolute atomic E-state index is 0.180. The highest BCUT2D eigenvalue weighted by molar-refractivity contribution is 7.09. The Morgan fingerprint density at radius 1 is 1.17 bits per heavy atom. The number of benzene rings is 2. The SMILES string of the molecule is COc1ccc(C2c3[nH]c4ccccc4c3CCN2Cc2nccs2)c(C)c1C. The molecule has 0 aliphatic carbocycles. The fourth-order valence-corrected chi connectivity index (χ4v) is 5.29. The molecule has 0 bridgehead atoms. The van der Waals surface area contributed by atoms with E-state index in [0.29, 0.717) is 0 Å². The molecule has 3 heterocycles. The van der Waals surface area contributed by atoms with Gasteiger partial charge in [0.15, 0.2) is 0 Å². The van der Waals surface area contributed by atoms with Gasteiger partial charge in [-0.25, -0.2) is 4.98 Å². The molecule has 0 saturated carbocycles. The van der Waals surface area contributed by atoms with E-state index < -0.39 is 0 Å². The van der Waals surface area contributed by atoms with Crippen molar-refractivity contribution < 1.29 is 4.74 Å². The lowest BCUT2D eigenvalue weighted by molar-refractivity contribution is 0.201. The molecule has 1 unspecified atom stereocenters. The van der Waals surface area contributed by atoms with E-state index in [0.717, 1.165) is 30.3 Å². The molecule has 29 heavy (non-hydrogen) atoms. The van der Waals surface area contributed by atoms with Crippen molar-refractivity contribution in [3.05, 3.63) is 80.9 Å². The van der Waals surface area contributed by atoms with Gasteiger partial charge in [-0.2, -0.15) is 0 Å². The van der Waals surface area contributed by atoms with Crippen LogP contribution < -0.4 is 4.74 Å². The third kappa shape index (κ3) is 3.05. The zero-order chi connectivity index (χ0) is 20.0. The Morgan fingerprint density at radius 2 is 2.03 bits per heavy atom. The fourth-order valence-electron chi connectivity index (χ4n) is 4.65. The molecule has 0 spiro atoms. The number of rotatable bonds is 4. The third-order valence-corrected chi connectivity index (χ3v) is 7.01. The van der Waals surface area contributed by atoms with Gasteiger partial charge in [0.2, 0.25) is 0 Å². The number of aromatic amines is 1. The Kier molecular flexibility index (Phi) is 4.64. The summed E-state index contributed by atoms with van der Waals surface area (Å²) in [5.74, 6) is 0.949. The summed E-state index contributed by atoms with van der Waals surface area (Å²) in [6.45, 7) is 6.24. The van der Waals surface area contributed by atoms with Crippen molar-refractivity contribution in [3.63, 3.8) is 0 Å². The Morgan fingerprint density at radius 3 is 2.83 bits per heavy atom. The Bertz CT molecular complexity index is 1160. The van der Waals surface area contributed by atoms with Gasteiger partial charge >= 0.3 is 0 Å². The second-order valence-corrected chi connectivity index (χ2v) is 8.70. The number of hydrogen-bond donors (Lipinski definition) is 1. The first kappa shape index (κ1) is 18.4. The molecule has 2 aromatic heterocycles. The lowest BCUT2D eigenvalue weighted by Crippen LogP contribution is -2.36. The van der Waals surface area contributed by atoms with Crippen molar-refractivity contribution in [1.29, 1.82) is 0 Å². The molecule has 2 aromatic carbocycles. The minimum atomic E-state index is 0.180. The highest BCUT2D eigenvalue weighted by atomic mass is 32.1. The number of thiazole rings is 1. The Hall–Kier alpha value is -2.63. The summed E-state index contributed by atoms with van der Waals surface area (Å²) in [7, 11) is 1.74. The van der Waals surface area contributed by atoms with E-state index in [1.165, 1.54) is 38.9 Å². The molecule has 4 aromatic rings. The second-order valence-electron chi connectivity index (χ2n) is 7.72. The predicted molar refractivity (Wildman–Crippen MR) is 119 cm³/mol. The molecule has 0 amide bonds. The van der Waals surface area contributed by atoms with E-state index in [1.807, 2.05) is 6.20 Å². The normalized spacial score (nSPS) is 16.9. The van der Waals surface area contributed by atoms with E-state index in [-0.39, 0.29) is 6.04 Å². The van der Waals surface area contributed by atoms with Gasteiger partial charge in [-0.1, -0.05) is 24.3 Å². The van der Waals surface area contributed by atoms with Gasteiger partial charge < -0.3 is 9.72 Å². The molecule has 0 radical (unpaired) electrons. The zero-order valence-electron chi connectivity index (χ0n) is 17.0. The molecule has 5 heteroatoms. The number of fused-ring (bicyclic) bond motifs is 3. The van der Waals surface area contributed by atoms with Crippen LogP contribution in [0, 0.1) is 13.8 Å². The van der Waals surface area contributed by atoms with Crippen LogP contribution in [-0.2, 0) is 13.0 Å². The van der Waals surface area contributed by atoms with Gasteiger partial charge in [-0.05, 0) is 54.7 Å². The largest absolute Gasteiger partial charge is 0.496 e. The average molecular weight is 404 g/mol. The number of hydrogen-bond acceptors (Lipinski definition) is 4. The molecule has 0 saturated heterocycles. The summed E-state index contributed by atoms with van der Waals surface area (Å²) in [6, 6.07) is 13.2. The highest BCUT2D eigenvalue weighted by Crippen LogP contribution is 2.41. The van der Waals surface area contributed by atoms with Crippen LogP contribution in [-0.4, -0.2) is 28.5 Å².